The maximum absolute atomic E-state index is 11.8. The SMILES string of the molecule is CN(CCc1noc2ccc(CC3SC(=O)NC3=O)cc12)c1ccccn1. The number of benzene rings is 1. The molecule has 0 radical (unpaired) electrons. The van der Waals surface area contributed by atoms with Crippen LogP contribution in [0.5, 0.6) is 0 Å². The van der Waals surface area contributed by atoms with Crippen molar-refractivity contribution in [2.24, 2.45) is 0 Å². The molecule has 1 aliphatic rings. The highest BCUT2D eigenvalue weighted by atomic mass is 32.2. The second-order valence-corrected chi connectivity index (χ2v) is 7.58. The van der Waals surface area contributed by atoms with Gasteiger partial charge in [-0.3, -0.25) is 14.9 Å². The molecule has 1 atom stereocenters. The molecule has 1 aliphatic heterocycles. The second kappa shape index (κ2) is 7.40. The summed E-state index contributed by atoms with van der Waals surface area (Å²) in [6.07, 6.45) is 2.98. The summed E-state index contributed by atoms with van der Waals surface area (Å²) in [4.78, 5) is 29.5. The number of pyridine rings is 1. The fraction of sp³-hybridized carbons (Fsp3) is 0.263. The predicted molar refractivity (Wildman–Crippen MR) is 104 cm³/mol. The van der Waals surface area contributed by atoms with Crippen molar-refractivity contribution in [3.63, 3.8) is 0 Å². The lowest BCUT2D eigenvalue weighted by Gasteiger charge is -2.16. The number of carbonyl (C=O) groups is 2. The van der Waals surface area contributed by atoms with Crippen LogP contribution in [0.4, 0.5) is 10.6 Å². The summed E-state index contributed by atoms with van der Waals surface area (Å²) in [7, 11) is 1.99. The molecule has 0 saturated carbocycles. The van der Waals surface area contributed by atoms with Gasteiger partial charge in [0.25, 0.3) is 5.24 Å². The Bertz CT molecular complexity index is 989. The van der Waals surface area contributed by atoms with Gasteiger partial charge < -0.3 is 9.42 Å². The normalized spacial score (nSPS) is 16.7. The molecule has 1 N–H and O–H groups in total. The smallest absolute Gasteiger partial charge is 0.286 e. The third kappa shape index (κ3) is 3.80. The lowest BCUT2D eigenvalue weighted by Crippen LogP contribution is -2.25. The number of carbonyl (C=O) groups excluding carboxylic acids is 2. The third-order valence-electron chi connectivity index (χ3n) is 4.52. The Balaban J connectivity index is 1.48. The van der Waals surface area contributed by atoms with E-state index in [0.29, 0.717) is 18.4 Å². The number of aromatic nitrogens is 2. The molecule has 1 saturated heterocycles. The van der Waals surface area contributed by atoms with Gasteiger partial charge in [0.2, 0.25) is 5.91 Å². The molecule has 8 heteroatoms. The highest BCUT2D eigenvalue weighted by molar-refractivity contribution is 8.15. The number of imide groups is 1. The number of fused-ring (bicyclic) bond motifs is 1. The highest BCUT2D eigenvalue weighted by Crippen LogP contribution is 2.26. The number of hydrogen-bond donors (Lipinski definition) is 1. The van der Waals surface area contributed by atoms with Gasteiger partial charge in [-0.15, -0.1) is 0 Å². The number of anilines is 1. The number of rotatable bonds is 6. The Morgan fingerprint density at radius 2 is 2.15 bits per heavy atom. The number of hydrogen-bond acceptors (Lipinski definition) is 7. The van der Waals surface area contributed by atoms with Crippen LogP contribution >= 0.6 is 11.8 Å². The van der Waals surface area contributed by atoms with Crippen LogP contribution < -0.4 is 10.2 Å². The van der Waals surface area contributed by atoms with E-state index in [-0.39, 0.29) is 16.4 Å². The zero-order chi connectivity index (χ0) is 18.8. The van der Waals surface area contributed by atoms with Crippen LogP contribution in [0.3, 0.4) is 0 Å². The van der Waals surface area contributed by atoms with Crippen LogP contribution in [0.15, 0.2) is 47.1 Å². The van der Waals surface area contributed by atoms with E-state index in [1.54, 1.807) is 6.20 Å². The molecule has 2 aromatic heterocycles. The highest BCUT2D eigenvalue weighted by Gasteiger charge is 2.31. The summed E-state index contributed by atoms with van der Waals surface area (Å²) in [5, 5.41) is 6.80. The van der Waals surface area contributed by atoms with E-state index >= 15 is 0 Å². The minimum Gasteiger partial charge on any atom is -0.359 e. The Hall–Kier alpha value is -2.87. The van der Waals surface area contributed by atoms with Gasteiger partial charge in [-0.05, 0) is 36.2 Å². The molecule has 1 fully saturated rings. The molecule has 27 heavy (non-hydrogen) atoms. The molecule has 0 aliphatic carbocycles. The van der Waals surface area contributed by atoms with Crippen LogP contribution in [0.2, 0.25) is 0 Å². The van der Waals surface area contributed by atoms with Gasteiger partial charge >= 0.3 is 0 Å². The molecular weight excluding hydrogens is 364 g/mol. The molecule has 4 rings (SSSR count). The first-order valence-corrected chi connectivity index (χ1v) is 9.49. The maximum atomic E-state index is 11.8. The molecule has 3 heterocycles. The van der Waals surface area contributed by atoms with Gasteiger partial charge in [0, 0.05) is 31.6 Å². The molecule has 1 unspecified atom stereocenters. The molecular formula is C19H18N4O3S. The van der Waals surface area contributed by atoms with Crippen LogP contribution in [-0.4, -0.2) is 40.1 Å². The van der Waals surface area contributed by atoms with E-state index in [1.165, 1.54) is 0 Å². The maximum Gasteiger partial charge on any atom is 0.286 e. The zero-order valence-electron chi connectivity index (χ0n) is 14.7. The summed E-state index contributed by atoms with van der Waals surface area (Å²) in [5.41, 5.74) is 2.57. The minimum absolute atomic E-state index is 0.229. The topological polar surface area (TPSA) is 88.3 Å². The monoisotopic (exact) mass is 382 g/mol. The van der Waals surface area contributed by atoms with Crippen molar-refractivity contribution >= 4 is 39.7 Å². The Morgan fingerprint density at radius 1 is 1.26 bits per heavy atom. The predicted octanol–water partition coefficient (Wildman–Crippen LogP) is 2.80. The number of amides is 2. The van der Waals surface area contributed by atoms with E-state index in [4.69, 9.17) is 4.52 Å². The average molecular weight is 382 g/mol. The largest absolute Gasteiger partial charge is 0.359 e. The first-order chi connectivity index (χ1) is 13.1. The van der Waals surface area contributed by atoms with E-state index in [2.05, 4.69) is 20.4 Å². The van der Waals surface area contributed by atoms with Crippen LogP contribution in [0.25, 0.3) is 11.0 Å². The summed E-state index contributed by atoms with van der Waals surface area (Å²) < 4.78 is 5.43. The fourth-order valence-electron chi connectivity index (χ4n) is 3.05. The molecule has 0 spiro atoms. The molecule has 7 nitrogen and oxygen atoms in total. The standard InChI is InChI=1S/C19H18N4O3S/c1-23(17-4-2-3-8-20-17)9-7-14-13-10-12(5-6-15(13)26-22-14)11-16-18(24)21-19(25)27-16/h2-6,8,10,16H,7,9,11H2,1H3,(H,21,24,25). The third-order valence-corrected chi connectivity index (χ3v) is 5.50. The van der Waals surface area contributed by atoms with Gasteiger partial charge in [0.05, 0.1) is 10.9 Å². The molecule has 0 bridgehead atoms. The van der Waals surface area contributed by atoms with E-state index < -0.39 is 0 Å². The van der Waals surface area contributed by atoms with Crippen molar-refractivity contribution in [1.82, 2.24) is 15.5 Å². The van der Waals surface area contributed by atoms with Crippen molar-refractivity contribution in [2.75, 3.05) is 18.5 Å². The summed E-state index contributed by atoms with van der Waals surface area (Å²) >= 11 is 1.04. The van der Waals surface area contributed by atoms with Gasteiger partial charge in [-0.25, -0.2) is 4.98 Å². The number of thioether (sulfide) groups is 1. The number of nitrogens with zero attached hydrogens (tertiary/aromatic N) is 3. The van der Waals surface area contributed by atoms with E-state index in [1.807, 2.05) is 43.4 Å². The minimum atomic E-state index is -0.381. The van der Waals surface area contributed by atoms with Crippen LogP contribution in [0, 0.1) is 0 Å². The Labute approximate surface area is 160 Å². The number of nitrogens with one attached hydrogen (secondary N) is 1. The van der Waals surface area contributed by atoms with Crippen molar-refractivity contribution in [2.45, 2.75) is 18.1 Å². The van der Waals surface area contributed by atoms with Crippen molar-refractivity contribution in [1.29, 1.82) is 0 Å². The quantitative estimate of drug-likeness (QED) is 0.701. The van der Waals surface area contributed by atoms with Crippen LogP contribution in [0.1, 0.15) is 11.3 Å². The van der Waals surface area contributed by atoms with Gasteiger partial charge in [0.1, 0.15) is 5.82 Å². The van der Waals surface area contributed by atoms with Crippen molar-refractivity contribution < 1.29 is 14.1 Å². The Morgan fingerprint density at radius 3 is 2.89 bits per heavy atom. The second-order valence-electron chi connectivity index (χ2n) is 6.41. The molecule has 1 aromatic carbocycles. The molecule has 138 valence electrons. The van der Waals surface area contributed by atoms with E-state index in [9.17, 15) is 9.59 Å². The molecule has 2 amide bonds. The van der Waals surface area contributed by atoms with Crippen LogP contribution in [-0.2, 0) is 17.6 Å². The first-order valence-electron chi connectivity index (χ1n) is 8.61. The van der Waals surface area contributed by atoms with Crippen molar-refractivity contribution in [3.05, 3.63) is 53.9 Å². The summed E-state index contributed by atoms with van der Waals surface area (Å²) in [6, 6.07) is 11.6. The summed E-state index contributed by atoms with van der Waals surface area (Å²) in [5.74, 6) is 0.674. The Kier molecular flexibility index (Phi) is 4.81. The van der Waals surface area contributed by atoms with E-state index in [0.717, 1.165) is 40.8 Å². The first kappa shape index (κ1) is 17.5. The zero-order valence-corrected chi connectivity index (χ0v) is 15.5. The lowest BCUT2D eigenvalue weighted by atomic mass is 10.0. The summed E-state index contributed by atoms with van der Waals surface area (Å²) in [6.45, 7) is 0.748. The number of likely N-dealkylation sites (N-methyl/N-ethyl adjacent to an activating group) is 1. The van der Waals surface area contributed by atoms with Gasteiger partial charge in [-0.1, -0.05) is 29.1 Å². The fourth-order valence-corrected chi connectivity index (χ4v) is 3.91. The van der Waals surface area contributed by atoms with Gasteiger partial charge in [-0.2, -0.15) is 0 Å². The lowest BCUT2D eigenvalue weighted by molar-refractivity contribution is -0.118. The molecule has 3 aromatic rings. The van der Waals surface area contributed by atoms with Gasteiger partial charge in [0.15, 0.2) is 5.58 Å². The average Bonchev–Trinajstić information content (AvgIpc) is 3.22. The van der Waals surface area contributed by atoms with Crippen molar-refractivity contribution in [3.8, 4) is 0 Å².